The van der Waals surface area contributed by atoms with E-state index in [1.807, 2.05) is 6.07 Å². The maximum Gasteiger partial charge on any atom is 0.291 e. The molecule has 2 atom stereocenters. The molecule has 1 aliphatic heterocycles. The minimum atomic E-state index is -1.27. The summed E-state index contributed by atoms with van der Waals surface area (Å²) >= 11 is 0. The molecule has 0 radical (unpaired) electrons. The molecule has 2 aromatic carbocycles. The van der Waals surface area contributed by atoms with Crippen LogP contribution in [0, 0.1) is 5.92 Å². The fraction of sp³-hybridized carbons (Fsp3) is 0.125. The Morgan fingerprint density at radius 1 is 1.00 bits per heavy atom. The van der Waals surface area contributed by atoms with E-state index in [9.17, 15) is 19.5 Å². The molecule has 5 rings (SSSR count). The first-order valence-corrected chi connectivity index (χ1v) is 9.72. The van der Waals surface area contributed by atoms with E-state index in [1.165, 1.54) is 23.3 Å². The molecule has 3 heterocycles. The summed E-state index contributed by atoms with van der Waals surface area (Å²) in [5, 5.41) is 10.4. The normalized spacial score (nSPS) is 18.8. The molecule has 0 spiro atoms. The number of nitrogens with zero attached hydrogens (tertiary/aromatic N) is 1. The molecule has 1 amide bonds. The highest BCUT2D eigenvalue weighted by atomic mass is 16.3. The van der Waals surface area contributed by atoms with Crippen LogP contribution in [0.2, 0.25) is 0 Å². The van der Waals surface area contributed by atoms with Crippen LogP contribution in [0.15, 0.2) is 81.8 Å². The summed E-state index contributed by atoms with van der Waals surface area (Å²) in [6.45, 7) is 0.0347. The van der Waals surface area contributed by atoms with Gasteiger partial charge in [0, 0.05) is 5.39 Å². The number of likely N-dealkylation sites (tertiary alicyclic amines) is 1. The Balaban J connectivity index is 1.59. The number of hydrogen-bond acceptors (Lipinski definition) is 6. The fourth-order valence-electron chi connectivity index (χ4n) is 4.03. The molecule has 0 aliphatic carbocycles. The quantitative estimate of drug-likeness (QED) is 0.302. The van der Waals surface area contributed by atoms with Gasteiger partial charge in [-0.1, -0.05) is 30.3 Å². The Bertz CT molecular complexity index is 1250. The third-order valence-electron chi connectivity index (χ3n) is 5.50. The molecule has 31 heavy (non-hydrogen) atoms. The monoisotopic (exact) mass is 415 g/mol. The van der Waals surface area contributed by atoms with Gasteiger partial charge in [-0.2, -0.15) is 0 Å². The van der Waals surface area contributed by atoms with Crippen LogP contribution < -0.4 is 0 Å². The summed E-state index contributed by atoms with van der Waals surface area (Å²) in [6, 6.07) is 17.4. The van der Waals surface area contributed by atoms with E-state index < -0.39 is 29.4 Å². The number of benzene rings is 2. The zero-order chi connectivity index (χ0) is 21.5. The Morgan fingerprint density at radius 3 is 2.48 bits per heavy atom. The lowest BCUT2D eigenvalue weighted by Gasteiger charge is -2.26. The van der Waals surface area contributed by atoms with E-state index in [2.05, 4.69) is 0 Å². The van der Waals surface area contributed by atoms with Crippen LogP contribution in [0.1, 0.15) is 27.9 Å². The maximum absolute atomic E-state index is 13.4. The Hall–Kier alpha value is -4.13. The molecule has 7 nitrogen and oxygen atoms in total. The number of rotatable bonds is 5. The number of phenolic OH excluding ortho intramolecular Hbond substituents is 1. The van der Waals surface area contributed by atoms with Gasteiger partial charge in [-0.15, -0.1) is 0 Å². The molecule has 2 aromatic heterocycles. The van der Waals surface area contributed by atoms with Crippen LogP contribution in [0.5, 0.6) is 5.75 Å². The predicted octanol–water partition coefficient (Wildman–Crippen LogP) is 3.88. The van der Waals surface area contributed by atoms with Crippen molar-refractivity contribution in [3.05, 3.63) is 90.1 Å². The lowest BCUT2D eigenvalue weighted by atomic mass is 9.88. The van der Waals surface area contributed by atoms with Crippen molar-refractivity contribution < 1.29 is 28.3 Å². The van der Waals surface area contributed by atoms with Gasteiger partial charge in [-0.3, -0.25) is 14.4 Å². The second-order valence-electron chi connectivity index (χ2n) is 7.40. The van der Waals surface area contributed by atoms with Gasteiger partial charge < -0.3 is 18.8 Å². The molecule has 1 fully saturated rings. The van der Waals surface area contributed by atoms with Gasteiger partial charge in [0.05, 0.1) is 18.8 Å². The van der Waals surface area contributed by atoms with Crippen molar-refractivity contribution in [2.24, 2.45) is 5.92 Å². The van der Waals surface area contributed by atoms with E-state index in [-0.39, 0.29) is 18.1 Å². The molecular weight excluding hydrogens is 398 g/mol. The van der Waals surface area contributed by atoms with Gasteiger partial charge in [0.2, 0.25) is 11.6 Å². The van der Waals surface area contributed by atoms with Crippen LogP contribution >= 0.6 is 0 Å². The first kappa shape index (κ1) is 18.9. The SMILES string of the molecule is O=C1C(=O)N(Cc2ccco2)C(c2ccc(O)cc2)C1C(=O)c1cc2ccccc2o1. The number of Topliss-reactive ketones (excluding diaryl/α,β-unsaturated/α-hetero) is 2. The second-order valence-corrected chi connectivity index (χ2v) is 7.40. The average Bonchev–Trinajstić information content (AvgIpc) is 3.49. The largest absolute Gasteiger partial charge is 0.508 e. The van der Waals surface area contributed by atoms with Crippen molar-refractivity contribution in [1.82, 2.24) is 4.90 Å². The summed E-state index contributed by atoms with van der Waals surface area (Å²) in [5.74, 6) is -2.84. The molecular formula is C24H17NO6. The van der Waals surface area contributed by atoms with Crippen LogP contribution in [-0.4, -0.2) is 27.5 Å². The third kappa shape index (κ3) is 3.20. The van der Waals surface area contributed by atoms with Crippen LogP contribution in [0.25, 0.3) is 11.0 Å². The molecule has 2 unspecified atom stereocenters. The third-order valence-corrected chi connectivity index (χ3v) is 5.50. The summed E-state index contributed by atoms with van der Waals surface area (Å²) in [4.78, 5) is 40.6. The molecule has 0 bridgehead atoms. The number of phenols is 1. The zero-order valence-corrected chi connectivity index (χ0v) is 16.2. The summed E-state index contributed by atoms with van der Waals surface area (Å²) in [6.07, 6.45) is 1.48. The van der Waals surface area contributed by atoms with Crippen molar-refractivity contribution in [2.45, 2.75) is 12.6 Å². The van der Waals surface area contributed by atoms with Gasteiger partial charge in [-0.25, -0.2) is 0 Å². The lowest BCUT2D eigenvalue weighted by molar-refractivity contribution is -0.141. The van der Waals surface area contributed by atoms with E-state index >= 15 is 0 Å². The van der Waals surface area contributed by atoms with E-state index in [0.29, 0.717) is 16.9 Å². The van der Waals surface area contributed by atoms with Crippen molar-refractivity contribution in [3.8, 4) is 5.75 Å². The minimum absolute atomic E-state index is 0.0241. The number of hydrogen-bond donors (Lipinski definition) is 1. The topological polar surface area (TPSA) is 101 Å². The van der Waals surface area contributed by atoms with Gasteiger partial charge in [0.25, 0.3) is 5.91 Å². The standard InChI is InChI=1S/C24H17NO6/c26-16-9-7-14(8-10-16)21-20(22(27)19-12-15-4-1-2-6-18(15)31-19)23(28)24(29)25(21)13-17-5-3-11-30-17/h1-12,20-21,26H,13H2. The summed E-state index contributed by atoms with van der Waals surface area (Å²) in [7, 11) is 0. The highest BCUT2D eigenvalue weighted by Crippen LogP contribution is 2.40. The van der Waals surface area contributed by atoms with Crippen LogP contribution in [-0.2, 0) is 16.1 Å². The number of carbonyl (C=O) groups excluding carboxylic acids is 3. The Morgan fingerprint density at radius 2 is 1.77 bits per heavy atom. The van der Waals surface area contributed by atoms with Crippen molar-refractivity contribution in [1.29, 1.82) is 0 Å². The minimum Gasteiger partial charge on any atom is -0.508 e. The molecule has 0 saturated carbocycles. The van der Waals surface area contributed by atoms with Gasteiger partial charge >= 0.3 is 0 Å². The van der Waals surface area contributed by atoms with Crippen LogP contribution in [0.3, 0.4) is 0 Å². The lowest BCUT2D eigenvalue weighted by Crippen LogP contribution is -2.30. The van der Waals surface area contributed by atoms with Crippen LogP contribution in [0.4, 0.5) is 0 Å². The molecule has 4 aromatic rings. The highest BCUT2D eigenvalue weighted by molar-refractivity contribution is 6.43. The number of ketones is 2. The molecule has 154 valence electrons. The van der Waals surface area contributed by atoms with Gasteiger partial charge in [0.15, 0.2) is 5.76 Å². The predicted molar refractivity (Wildman–Crippen MR) is 109 cm³/mol. The van der Waals surface area contributed by atoms with Crippen molar-refractivity contribution >= 4 is 28.4 Å². The number of amides is 1. The zero-order valence-electron chi connectivity index (χ0n) is 16.2. The number of fused-ring (bicyclic) bond motifs is 1. The number of furan rings is 2. The van der Waals surface area contributed by atoms with E-state index in [4.69, 9.17) is 8.83 Å². The first-order chi connectivity index (χ1) is 15.0. The summed E-state index contributed by atoms with van der Waals surface area (Å²) in [5.41, 5.74) is 1.08. The second kappa shape index (κ2) is 7.28. The molecule has 1 saturated heterocycles. The average molecular weight is 415 g/mol. The number of para-hydroxylation sites is 1. The first-order valence-electron chi connectivity index (χ1n) is 9.72. The highest BCUT2D eigenvalue weighted by Gasteiger charge is 2.52. The number of carbonyl (C=O) groups is 3. The maximum atomic E-state index is 13.4. The summed E-state index contributed by atoms with van der Waals surface area (Å²) < 4.78 is 11.0. The smallest absolute Gasteiger partial charge is 0.291 e. The van der Waals surface area contributed by atoms with Gasteiger partial charge in [-0.05, 0) is 42.0 Å². The molecule has 1 N–H and O–H groups in total. The van der Waals surface area contributed by atoms with Crippen molar-refractivity contribution in [3.63, 3.8) is 0 Å². The Labute approximate surface area is 176 Å². The van der Waals surface area contributed by atoms with E-state index in [0.717, 1.165) is 5.39 Å². The Kier molecular flexibility index (Phi) is 4.43. The van der Waals surface area contributed by atoms with Crippen molar-refractivity contribution in [2.75, 3.05) is 0 Å². The molecule has 7 heteroatoms. The van der Waals surface area contributed by atoms with Gasteiger partial charge in [0.1, 0.15) is 23.0 Å². The number of aromatic hydroxyl groups is 1. The molecule has 1 aliphatic rings. The fourth-order valence-corrected chi connectivity index (χ4v) is 4.03. The van der Waals surface area contributed by atoms with E-state index in [1.54, 1.807) is 48.5 Å².